The molecule has 0 amide bonds. The monoisotopic (exact) mass is 320 g/mol. The van der Waals surface area contributed by atoms with Crippen LogP contribution in [0.15, 0.2) is 23.6 Å². The Morgan fingerprint density at radius 2 is 2.14 bits per heavy atom. The third-order valence-corrected chi connectivity index (χ3v) is 4.66. The Labute approximate surface area is 133 Å². The van der Waals surface area contributed by atoms with Crippen molar-refractivity contribution < 1.29 is 14.6 Å². The fourth-order valence-electron chi connectivity index (χ4n) is 2.30. The standard InChI is InChI=1S/C16H20N2O3S/c1-10(2)13(7-19)17-6-12-8-22-16(18-12)11-3-4-14-15(5-11)21-9-20-14/h3-5,8,10,13,17,19H,6-7,9H2,1-2H3/t13-/m1/s1. The Hall–Kier alpha value is -1.63. The molecule has 0 radical (unpaired) electrons. The van der Waals surface area contributed by atoms with Crippen LogP contribution in [0, 0.1) is 5.92 Å². The third kappa shape index (κ3) is 3.24. The molecule has 5 nitrogen and oxygen atoms in total. The lowest BCUT2D eigenvalue weighted by Crippen LogP contribution is -2.36. The summed E-state index contributed by atoms with van der Waals surface area (Å²) in [5, 5.41) is 15.7. The van der Waals surface area contributed by atoms with Crippen molar-refractivity contribution in [3.8, 4) is 22.1 Å². The van der Waals surface area contributed by atoms with E-state index < -0.39 is 0 Å². The number of nitrogens with zero attached hydrogens (tertiary/aromatic N) is 1. The van der Waals surface area contributed by atoms with Crippen LogP contribution < -0.4 is 14.8 Å². The van der Waals surface area contributed by atoms with Crippen molar-refractivity contribution in [3.63, 3.8) is 0 Å². The zero-order valence-corrected chi connectivity index (χ0v) is 13.5. The fourth-order valence-corrected chi connectivity index (χ4v) is 3.11. The van der Waals surface area contributed by atoms with Crippen LogP contribution in [-0.4, -0.2) is 29.5 Å². The lowest BCUT2D eigenvalue weighted by atomic mass is 10.1. The minimum atomic E-state index is 0.0932. The molecule has 1 aromatic heterocycles. The quantitative estimate of drug-likeness (QED) is 0.857. The van der Waals surface area contributed by atoms with E-state index >= 15 is 0 Å². The number of aliphatic hydroxyl groups excluding tert-OH is 1. The van der Waals surface area contributed by atoms with E-state index in [0.717, 1.165) is 27.8 Å². The maximum atomic E-state index is 9.34. The van der Waals surface area contributed by atoms with Gasteiger partial charge in [-0.25, -0.2) is 4.98 Å². The molecule has 0 spiro atoms. The molecule has 0 saturated carbocycles. The smallest absolute Gasteiger partial charge is 0.231 e. The van der Waals surface area contributed by atoms with Gasteiger partial charge in [0.1, 0.15) is 5.01 Å². The fraction of sp³-hybridized carbons (Fsp3) is 0.438. The summed E-state index contributed by atoms with van der Waals surface area (Å²) in [6.07, 6.45) is 0. The predicted octanol–water partition coefficient (Wildman–Crippen LogP) is 2.65. The normalized spacial score (nSPS) is 14.5. The molecule has 22 heavy (non-hydrogen) atoms. The first-order valence-corrected chi connectivity index (χ1v) is 8.24. The van der Waals surface area contributed by atoms with Crippen LogP contribution in [0.3, 0.4) is 0 Å². The first kappa shape index (κ1) is 15.3. The zero-order chi connectivity index (χ0) is 15.5. The lowest BCUT2D eigenvalue weighted by Gasteiger charge is -2.19. The highest BCUT2D eigenvalue weighted by molar-refractivity contribution is 7.13. The van der Waals surface area contributed by atoms with Crippen LogP contribution in [0.1, 0.15) is 19.5 Å². The van der Waals surface area contributed by atoms with E-state index in [1.807, 2.05) is 23.6 Å². The molecule has 1 aromatic carbocycles. The van der Waals surface area contributed by atoms with E-state index in [0.29, 0.717) is 12.5 Å². The molecule has 118 valence electrons. The van der Waals surface area contributed by atoms with Gasteiger partial charge in [0.2, 0.25) is 6.79 Å². The van der Waals surface area contributed by atoms with Crippen LogP contribution in [0.25, 0.3) is 10.6 Å². The van der Waals surface area contributed by atoms with Crippen LogP contribution in [0.2, 0.25) is 0 Å². The number of aliphatic hydroxyl groups is 1. The first-order chi connectivity index (χ1) is 10.7. The summed E-state index contributed by atoms with van der Waals surface area (Å²) in [5.41, 5.74) is 2.01. The molecule has 1 aliphatic heterocycles. The molecular formula is C16H20N2O3S. The van der Waals surface area contributed by atoms with Crippen LogP contribution in [0.4, 0.5) is 0 Å². The molecule has 2 heterocycles. The molecule has 6 heteroatoms. The molecular weight excluding hydrogens is 300 g/mol. The van der Waals surface area contributed by atoms with Gasteiger partial charge >= 0.3 is 0 Å². The van der Waals surface area contributed by atoms with E-state index in [1.54, 1.807) is 11.3 Å². The van der Waals surface area contributed by atoms with Gasteiger partial charge < -0.3 is 19.9 Å². The molecule has 1 atom stereocenters. The number of hydrogen-bond donors (Lipinski definition) is 2. The molecule has 0 bridgehead atoms. The largest absolute Gasteiger partial charge is 0.454 e. The second kappa shape index (κ2) is 6.64. The average molecular weight is 320 g/mol. The van der Waals surface area contributed by atoms with E-state index in [1.165, 1.54) is 0 Å². The van der Waals surface area contributed by atoms with Gasteiger partial charge in [-0.3, -0.25) is 0 Å². The Bertz CT molecular complexity index is 642. The van der Waals surface area contributed by atoms with E-state index in [2.05, 4.69) is 24.1 Å². The number of fused-ring (bicyclic) bond motifs is 1. The maximum absolute atomic E-state index is 9.34. The summed E-state index contributed by atoms with van der Waals surface area (Å²) in [4.78, 5) is 4.65. The highest BCUT2D eigenvalue weighted by Crippen LogP contribution is 2.36. The van der Waals surface area contributed by atoms with Gasteiger partial charge in [0.05, 0.1) is 12.3 Å². The van der Waals surface area contributed by atoms with Gasteiger partial charge in [0.25, 0.3) is 0 Å². The Kier molecular flexibility index (Phi) is 4.61. The molecule has 3 rings (SSSR count). The summed E-state index contributed by atoms with van der Waals surface area (Å²) in [6.45, 7) is 5.25. The Morgan fingerprint density at radius 3 is 2.91 bits per heavy atom. The number of hydrogen-bond acceptors (Lipinski definition) is 6. The maximum Gasteiger partial charge on any atom is 0.231 e. The molecule has 2 N–H and O–H groups in total. The van der Waals surface area contributed by atoms with Crippen molar-refractivity contribution in [2.45, 2.75) is 26.4 Å². The highest BCUT2D eigenvalue weighted by atomic mass is 32.1. The number of thiazole rings is 1. The molecule has 0 saturated heterocycles. The van der Waals surface area contributed by atoms with Crippen molar-refractivity contribution in [3.05, 3.63) is 29.3 Å². The SMILES string of the molecule is CC(C)[C@@H](CO)NCc1csc(-c2ccc3c(c2)OCO3)n1. The number of rotatable bonds is 6. The summed E-state index contributed by atoms with van der Waals surface area (Å²) in [6, 6.07) is 5.96. The van der Waals surface area contributed by atoms with E-state index in [-0.39, 0.29) is 19.4 Å². The van der Waals surface area contributed by atoms with Gasteiger partial charge in [-0.05, 0) is 24.1 Å². The minimum absolute atomic E-state index is 0.0932. The van der Waals surface area contributed by atoms with Gasteiger partial charge in [-0.1, -0.05) is 13.8 Å². The third-order valence-electron chi connectivity index (χ3n) is 3.72. The van der Waals surface area contributed by atoms with Crippen LogP contribution in [0.5, 0.6) is 11.5 Å². The summed E-state index contributed by atoms with van der Waals surface area (Å²) >= 11 is 1.61. The molecule has 0 unspecified atom stereocenters. The second-order valence-corrected chi connectivity index (χ2v) is 6.48. The summed E-state index contributed by atoms with van der Waals surface area (Å²) < 4.78 is 10.7. The minimum Gasteiger partial charge on any atom is -0.454 e. The van der Waals surface area contributed by atoms with E-state index in [4.69, 9.17) is 9.47 Å². The van der Waals surface area contributed by atoms with Gasteiger partial charge in [0.15, 0.2) is 11.5 Å². The van der Waals surface area contributed by atoms with Crippen LogP contribution in [-0.2, 0) is 6.54 Å². The topological polar surface area (TPSA) is 63.6 Å². The number of aromatic nitrogens is 1. The highest BCUT2D eigenvalue weighted by Gasteiger charge is 2.16. The Balaban J connectivity index is 1.68. The van der Waals surface area contributed by atoms with Crippen LogP contribution >= 0.6 is 11.3 Å². The van der Waals surface area contributed by atoms with E-state index in [9.17, 15) is 5.11 Å². The number of nitrogens with one attached hydrogen (secondary N) is 1. The van der Waals surface area contributed by atoms with Crippen molar-refractivity contribution in [1.29, 1.82) is 0 Å². The number of ether oxygens (including phenoxy) is 2. The van der Waals surface area contributed by atoms with Gasteiger partial charge in [0, 0.05) is 23.5 Å². The molecule has 0 fully saturated rings. The Morgan fingerprint density at radius 1 is 1.32 bits per heavy atom. The number of benzene rings is 1. The van der Waals surface area contributed by atoms with Crippen molar-refractivity contribution in [2.75, 3.05) is 13.4 Å². The molecule has 0 aliphatic carbocycles. The van der Waals surface area contributed by atoms with Gasteiger partial charge in [-0.2, -0.15) is 0 Å². The summed E-state index contributed by atoms with van der Waals surface area (Å²) in [7, 11) is 0. The second-order valence-electron chi connectivity index (χ2n) is 5.63. The van der Waals surface area contributed by atoms with Crippen molar-refractivity contribution in [1.82, 2.24) is 10.3 Å². The molecule has 1 aliphatic rings. The lowest BCUT2D eigenvalue weighted by molar-refractivity contribution is 0.174. The average Bonchev–Trinajstić information content (AvgIpc) is 3.15. The van der Waals surface area contributed by atoms with Crippen molar-refractivity contribution >= 4 is 11.3 Å². The predicted molar refractivity (Wildman–Crippen MR) is 86.2 cm³/mol. The molecule has 2 aromatic rings. The van der Waals surface area contributed by atoms with Gasteiger partial charge in [-0.15, -0.1) is 11.3 Å². The first-order valence-electron chi connectivity index (χ1n) is 7.36. The zero-order valence-electron chi connectivity index (χ0n) is 12.7. The van der Waals surface area contributed by atoms with Crippen molar-refractivity contribution in [2.24, 2.45) is 5.92 Å². The summed E-state index contributed by atoms with van der Waals surface area (Å²) in [5.74, 6) is 1.94.